The fourth-order valence-electron chi connectivity index (χ4n) is 1.66. The molecule has 0 aromatic heterocycles. The van der Waals surface area contributed by atoms with Crippen molar-refractivity contribution in [3.05, 3.63) is 59.1 Å². The minimum absolute atomic E-state index is 0.424. The van der Waals surface area contributed by atoms with Crippen LogP contribution >= 0.6 is 11.6 Å². The maximum Gasteiger partial charge on any atom is 0.128 e. The first-order chi connectivity index (χ1) is 8.16. The predicted octanol–water partition coefficient (Wildman–Crippen LogP) is 5.26. The Kier molecular flexibility index (Phi) is 3.70. The van der Waals surface area contributed by atoms with Crippen molar-refractivity contribution in [1.82, 2.24) is 0 Å². The second-order valence-corrected chi connectivity index (χ2v) is 4.66. The van der Waals surface area contributed by atoms with Crippen LogP contribution in [0.2, 0.25) is 5.02 Å². The van der Waals surface area contributed by atoms with Gasteiger partial charge in [-0.2, -0.15) is 0 Å². The predicted molar refractivity (Wildman–Crippen MR) is 72.1 cm³/mol. The minimum Gasteiger partial charge on any atom is -0.457 e. The minimum atomic E-state index is 0.424. The van der Waals surface area contributed by atoms with Gasteiger partial charge in [0.25, 0.3) is 0 Å². The molecule has 0 aliphatic heterocycles. The van der Waals surface area contributed by atoms with Crippen LogP contribution in [0.5, 0.6) is 11.5 Å². The van der Waals surface area contributed by atoms with Crippen LogP contribution in [-0.2, 0) is 0 Å². The zero-order chi connectivity index (χ0) is 12.3. The molecule has 0 fully saturated rings. The molecule has 0 spiro atoms. The molecule has 1 nitrogen and oxygen atoms in total. The molecule has 0 amide bonds. The monoisotopic (exact) mass is 246 g/mol. The molecule has 0 bridgehead atoms. The molecule has 0 aliphatic rings. The lowest BCUT2D eigenvalue weighted by Gasteiger charge is -2.10. The molecule has 88 valence electrons. The quantitative estimate of drug-likeness (QED) is 0.718. The van der Waals surface area contributed by atoms with E-state index in [4.69, 9.17) is 16.3 Å². The molecule has 0 radical (unpaired) electrons. The van der Waals surface area contributed by atoms with Crippen LogP contribution in [0.4, 0.5) is 0 Å². The van der Waals surface area contributed by atoms with Crippen molar-refractivity contribution in [2.45, 2.75) is 19.8 Å². The van der Waals surface area contributed by atoms with Crippen LogP contribution in [0.1, 0.15) is 25.3 Å². The smallest absolute Gasteiger partial charge is 0.128 e. The molecule has 2 heteroatoms. The van der Waals surface area contributed by atoms with Crippen LogP contribution in [0.15, 0.2) is 48.5 Å². The summed E-state index contributed by atoms with van der Waals surface area (Å²) in [4.78, 5) is 0. The Morgan fingerprint density at radius 1 is 0.941 bits per heavy atom. The highest BCUT2D eigenvalue weighted by molar-refractivity contribution is 6.31. The van der Waals surface area contributed by atoms with Gasteiger partial charge in [0.05, 0.1) is 0 Å². The Morgan fingerprint density at radius 2 is 1.65 bits per heavy atom. The number of ether oxygens (including phenoxy) is 1. The largest absolute Gasteiger partial charge is 0.457 e. The Morgan fingerprint density at radius 3 is 2.24 bits per heavy atom. The van der Waals surface area contributed by atoms with E-state index in [1.54, 1.807) is 0 Å². The highest BCUT2D eigenvalue weighted by Crippen LogP contribution is 2.30. The zero-order valence-corrected chi connectivity index (χ0v) is 10.7. The summed E-state index contributed by atoms with van der Waals surface area (Å²) in [6.07, 6.45) is 0. The molecule has 0 heterocycles. The van der Waals surface area contributed by atoms with E-state index in [9.17, 15) is 0 Å². The first-order valence-corrected chi connectivity index (χ1v) is 6.07. The fourth-order valence-corrected chi connectivity index (χ4v) is 2.05. The van der Waals surface area contributed by atoms with Crippen molar-refractivity contribution in [3.8, 4) is 11.5 Å². The third-order valence-electron chi connectivity index (χ3n) is 2.57. The molecule has 0 saturated heterocycles. The van der Waals surface area contributed by atoms with Gasteiger partial charge >= 0.3 is 0 Å². The summed E-state index contributed by atoms with van der Waals surface area (Å²) in [7, 11) is 0. The number of para-hydroxylation sites is 1. The normalized spacial score (nSPS) is 10.6. The molecule has 2 aromatic carbocycles. The summed E-state index contributed by atoms with van der Waals surface area (Å²) in [5.74, 6) is 2.01. The molecule has 0 atom stereocenters. The number of rotatable bonds is 3. The lowest BCUT2D eigenvalue weighted by Crippen LogP contribution is -1.90. The second-order valence-electron chi connectivity index (χ2n) is 4.25. The fraction of sp³-hybridized carbons (Fsp3) is 0.200. The summed E-state index contributed by atoms with van der Waals surface area (Å²) in [6, 6.07) is 15.5. The van der Waals surface area contributed by atoms with Crippen LogP contribution < -0.4 is 4.74 Å². The van der Waals surface area contributed by atoms with Crippen LogP contribution in [-0.4, -0.2) is 0 Å². The van der Waals surface area contributed by atoms with Crippen molar-refractivity contribution in [2.24, 2.45) is 0 Å². The van der Waals surface area contributed by atoms with Gasteiger partial charge < -0.3 is 4.74 Å². The SMILES string of the molecule is CC(C)c1ccc(Oc2ccccc2)cc1Cl. The van der Waals surface area contributed by atoms with Crippen molar-refractivity contribution in [1.29, 1.82) is 0 Å². The Labute approximate surface area is 107 Å². The molecule has 0 aliphatic carbocycles. The molecule has 2 rings (SSSR count). The maximum absolute atomic E-state index is 6.21. The van der Waals surface area contributed by atoms with E-state index in [0.29, 0.717) is 5.92 Å². The van der Waals surface area contributed by atoms with Gasteiger partial charge in [0.1, 0.15) is 11.5 Å². The summed E-state index contributed by atoms with van der Waals surface area (Å²) >= 11 is 6.21. The second kappa shape index (κ2) is 5.24. The molecular weight excluding hydrogens is 232 g/mol. The van der Waals surface area contributed by atoms with Crippen LogP contribution in [0, 0.1) is 0 Å². The summed E-state index contributed by atoms with van der Waals surface area (Å²) in [6.45, 7) is 4.25. The number of halogens is 1. The first kappa shape index (κ1) is 12.0. The van der Waals surface area contributed by atoms with Gasteiger partial charge in [-0.3, -0.25) is 0 Å². The van der Waals surface area contributed by atoms with E-state index in [1.165, 1.54) is 0 Å². The maximum atomic E-state index is 6.21. The van der Waals surface area contributed by atoms with E-state index in [1.807, 2.05) is 48.5 Å². The molecular formula is C15H15ClO. The average Bonchev–Trinajstić information content (AvgIpc) is 2.30. The number of hydrogen-bond acceptors (Lipinski definition) is 1. The highest BCUT2D eigenvalue weighted by atomic mass is 35.5. The molecule has 0 N–H and O–H groups in total. The average molecular weight is 247 g/mol. The Bertz CT molecular complexity index is 492. The van der Waals surface area contributed by atoms with Crippen LogP contribution in [0.25, 0.3) is 0 Å². The van der Waals surface area contributed by atoms with Gasteiger partial charge in [-0.05, 0) is 35.7 Å². The lowest BCUT2D eigenvalue weighted by molar-refractivity contribution is 0.482. The summed E-state index contributed by atoms with van der Waals surface area (Å²) in [5.41, 5.74) is 1.15. The molecule has 0 unspecified atom stereocenters. The van der Waals surface area contributed by atoms with Crippen LogP contribution in [0.3, 0.4) is 0 Å². The lowest BCUT2D eigenvalue weighted by atomic mass is 10.0. The number of benzene rings is 2. The van der Waals surface area contributed by atoms with E-state index < -0.39 is 0 Å². The van der Waals surface area contributed by atoms with Crippen molar-refractivity contribution in [2.75, 3.05) is 0 Å². The Hall–Kier alpha value is -1.47. The summed E-state index contributed by atoms with van der Waals surface area (Å²) in [5, 5.41) is 0.758. The highest BCUT2D eigenvalue weighted by Gasteiger charge is 2.06. The van der Waals surface area contributed by atoms with E-state index in [2.05, 4.69) is 13.8 Å². The Balaban J connectivity index is 2.21. The van der Waals surface area contributed by atoms with Gasteiger partial charge in [0.2, 0.25) is 0 Å². The van der Waals surface area contributed by atoms with Gasteiger partial charge in [-0.25, -0.2) is 0 Å². The molecule has 0 saturated carbocycles. The topological polar surface area (TPSA) is 9.23 Å². The first-order valence-electron chi connectivity index (χ1n) is 5.69. The summed E-state index contributed by atoms with van der Waals surface area (Å²) < 4.78 is 5.71. The van der Waals surface area contributed by atoms with E-state index in [-0.39, 0.29) is 0 Å². The van der Waals surface area contributed by atoms with Crippen molar-refractivity contribution < 1.29 is 4.74 Å². The van der Waals surface area contributed by atoms with Crippen molar-refractivity contribution >= 4 is 11.6 Å². The zero-order valence-electron chi connectivity index (χ0n) is 9.98. The molecule has 17 heavy (non-hydrogen) atoms. The van der Waals surface area contributed by atoms with Gasteiger partial charge in [0.15, 0.2) is 0 Å². The van der Waals surface area contributed by atoms with Gasteiger partial charge in [-0.15, -0.1) is 0 Å². The van der Waals surface area contributed by atoms with Crippen molar-refractivity contribution in [3.63, 3.8) is 0 Å². The molecule has 2 aromatic rings. The third kappa shape index (κ3) is 3.01. The van der Waals surface area contributed by atoms with E-state index >= 15 is 0 Å². The van der Waals surface area contributed by atoms with E-state index in [0.717, 1.165) is 22.1 Å². The number of hydrogen-bond donors (Lipinski definition) is 0. The third-order valence-corrected chi connectivity index (χ3v) is 2.90. The van der Waals surface area contributed by atoms with Gasteiger partial charge in [0, 0.05) is 5.02 Å². The standard InChI is InChI=1S/C15H15ClO/c1-11(2)14-9-8-13(10-15(14)16)17-12-6-4-3-5-7-12/h3-11H,1-2H3. The van der Waals surface area contributed by atoms with Gasteiger partial charge in [-0.1, -0.05) is 49.7 Å².